The molecule has 0 saturated carbocycles. The summed E-state index contributed by atoms with van der Waals surface area (Å²) in [4.78, 5) is 15.4. The van der Waals surface area contributed by atoms with Gasteiger partial charge in [-0.3, -0.25) is 4.79 Å². The highest BCUT2D eigenvalue weighted by atomic mass is 32.2. The molecule has 0 aromatic heterocycles. The van der Waals surface area contributed by atoms with E-state index in [2.05, 4.69) is 16.9 Å². The van der Waals surface area contributed by atoms with Gasteiger partial charge in [0.2, 0.25) is 15.9 Å². The largest absolute Gasteiger partial charge is 0.381 e. The first kappa shape index (κ1) is 21.0. The SMILES string of the molecule is O=C1CCc2cc(S(=O)(=O)NCC3(Sc4ccccc4)CCOCC3)cc3c2N1CC3. The Hall–Kier alpha value is -1.87. The molecule has 3 aliphatic heterocycles. The Labute approximate surface area is 187 Å². The van der Waals surface area contributed by atoms with Crippen molar-refractivity contribution in [2.75, 3.05) is 31.2 Å². The lowest BCUT2D eigenvalue weighted by Crippen LogP contribution is -2.44. The highest BCUT2D eigenvalue weighted by Gasteiger charge is 2.36. The maximum absolute atomic E-state index is 13.3. The van der Waals surface area contributed by atoms with Crippen molar-refractivity contribution in [2.45, 2.75) is 46.6 Å². The summed E-state index contributed by atoms with van der Waals surface area (Å²) in [5.74, 6) is 0.138. The molecule has 31 heavy (non-hydrogen) atoms. The van der Waals surface area contributed by atoms with Gasteiger partial charge in [0.25, 0.3) is 0 Å². The van der Waals surface area contributed by atoms with Gasteiger partial charge in [-0.15, -0.1) is 11.8 Å². The Bertz CT molecular complexity index is 1100. The van der Waals surface area contributed by atoms with Crippen molar-refractivity contribution in [2.24, 2.45) is 0 Å². The molecule has 1 N–H and O–H groups in total. The fraction of sp³-hybridized carbons (Fsp3) is 0.435. The molecule has 0 spiro atoms. The third kappa shape index (κ3) is 4.14. The maximum Gasteiger partial charge on any atom is 0.240 e. The van der Waals surface area contributed by atoms with Gasteiger partial charge in [0, 0.05) is 42.4 Å². The number of nitrogens with one attached hydrogen (secondary N) is 1. The molecule has 2 aromatic carbocycles. The van der Waals surface area contributed by atoms with Gasteiger partial charge in [-0.25, -0.2) is 13.1 Å². The van der Waals surface area contributed by atoms with E-state index < -0.39 is 10.0 Å². The standard InChI is InChI=1S/C23H26N2O4S2/c26-21-7-6-17-14-20(15-18-8-11-25(21)22(17)18)31(27,28)24-16-23(9-12-29-13-10-23)30-19-4-2-1-3-5-19/h1-5,14-15,24H,6-13,16H2. The first-order valence-electron chi connectivity index (χ1n) is 10.7. The zero-order chi connectivity index (χ0) is 21.5. The van der Waals surface area contributed by atoms with Crippen LogP contribution in [0.15, 0.2) is 52.3 Å². The van der Waals surface area contributed by atoms with Crippen LogP contribution in [-0.4, -0.2) is 45.4 Å². The molecule has 0 unspecified atom stereocenters. The number of sulfonamides is 1. The summed E-state index contributed by atoms with van der Waals surface area (Å²) >= 11 is 1.73. The third-order valence-electron chi connectivity index (χ3n) is 6.40. The van der Waals surface area contributed by atoms with Gasteiger partial charge in [-0.2, -0.15) is 0 Å². The van der Waals surface area contributed by atoms with Crippen LogP contribution in [0.3, 0.4) is 0 Å². The van der Waals surface area contributed by atoms with E-state index >= 15 is 0 Å². The second-order valence-corrected chi connectivity index (χ2v) is 11.7. The van der Waals surface area contributed by atoms with Crippen molar-refractivity contribution in [1.29, 1.82) is 0 Å². The number of thioether (sulfide) groups is 1. The summed E-state index contributed by atoms with van der Waals surface area (Å²) in [5.41, 5.74) is 2.87. The minimum Gasteiger partial charge on any atom is -0.381 e. The average molecular weight is 459 g/mol. The lowest BCUT2D eigenvalue weighted by Gasteiger charge is -2.36. The number of benzene rings is 2. The van der Waals surface area contributed by atoms with Crippen LogP contribution in [0, 0.1) is 0 Å². The molecule has 0 radical (unpaired) electrons. The first-order chi connectivity index (χ1) is 15.0. The Kier molecular flexibility index (Phi) is 5.58. The minimum absolute atomic E-state index is 0.138. The van der Waals surface area contributed by atoms with E-state index in [1.54, 1.807) is 23.9 Å². The zero-order valence-corrected chi connectivity index (χ0v) is 18.9. The zero-order valence-electron chi connectivity index (χ0n) is 17.3. The second-order valence-electron chi connectivity index (χ2n) is 8.42. The van der Waals surface area contributed by atoms with Gasteiger partial charge >= 0.3 is 0 Å². The molecule has 5 rings (SSSR count). The summed E-state index contributed by atoms with van der Waals surface area (Å²) in [6.45, 7) is 2.27. The fourth-order valence-corrected chi connectivity index (χ4v) is 7.32. The maximum atomic E-state index is 13.3. The number of hydrogen-bond acceptors (Lipinski definition) is 5. The number of carbonyl (C=O) groups excluding carboxylic acids is 1. The predicted molar refractivity (Wildman–Crippen MR) is 121 cm³/mol. The van der Waals surface area contributed by atoms with Crippen LogP contribution >= 0.6 is 11.8 Å². The molecule has 1 saturated heterocycles. The predicted octanol–water partition coefficient (Wildman–Crippen LogP) is 3.14. The molecule has 0 aliphatic carbocycles. The second kappa shape index (κ2) is 8.24. The van der Waals surface area contributed by atoms with Crippen LogP contribution in [0.2, 0.25) is 0 Å². The van der Waals surface area contributed by atoms with Gasteiger partial charge in [0.15, 0.2) is 0 Å². The van der Waals surface area contributed by atoms with Crippen molar-refractivity contribution < 1.29 is 17.9 Å². The molecule has 1 fully saturated rings. The molecule has 6 nitrogen and oxygen atoms in total. The number of nitrogens with zero attached hydrogens (tertiary/aromatic N) is 1. The highest BCUT2D eigenvalue weighted by Crippen LogP contribution is 2.41. The summed E-state index contributed by atoms with van der Waals surface area (Å²) in [7, 11) is -3.66. The molecule has 2 aromatic rings. The first-order valence-corrected chi connectivity index (χ1v) is 13.0. The summed E-state index contributed by atoms with van der Waals surface area (Å²) in [6, 6.07) is 13.6. The normalized spacial score (nSPS) is 20.0. The van der Waals surface area contributed by atoms with Crippen molar-refractivity contribution >= 4 is 33.4 Å². The van der Waals surface area contributed by atoms with Gasteiger partial charge in [-0.1, -0.05) is 18.2 Å². The molecule has 3 aliphatic rings. The highest BCUT2D eigenvalue weighted by molar-refractivity contribution is 8.00. The van der Waals surface area contributed by atoms with E-state index in [9.17, 15) is 13.2 Å². The van der Waals surface area contributed by atoms with Crippen molar-refractivity contribution in [3.8, 4) is 0 Å². The number of aryl methyl sites for hydroxylation is 1. The van der Waals surface area contributed by atoms with E-state index in [1.165, 1.54) is 0 Å². The van der Waals surface area contributed by atoms with E-state index in [0.717, 1.165) is 34.6 Å². The Balaban J connectivity index is 1.38. The molecule has 0 bridgehead atoms. The van der Waals surface area contributed by atoms with Gasteiger partial charge in [0.05, 0.1) is 10.6 Å². The van der Waals surface area contributed by atoms with E-state index in [1.807, 2.05) is 23.1 Å². The Morgan fingerprint density at radius 2 is 1.74 bits per heavy atom. The lowest BCUT2D eigenvalue weighted by atomic mass is 9.99. The number of carbonyl (C=O) groups is 1. The third-order valence-corrected chi connectivity index (χ3v) is 9.28. The number of hydrogen-bond donors (Lipinski definition) is 1. The monoisotopic (exact) mass is 458 g/mol. The number of rotatable bonds is 6. The van der Waals surface area contributed by atoms with Crippen molar-refractivity contribution in [1.82, 2.24) is 4.72 Å². The van der Waals surface area contributed by atoms with Gasteiger partial charge < -0.3 is 9.64 Å². The summed E-state index contributed by atoms with van der Waals surface area (Å²) < 4.78 is 34.8. The Morgan fingerprint density at radius 3 is 2.48 bits per heavy atom. The molecule has 164 valence electrons. The lowest BCUT2D eigenvalue weighted by molar-refractivity contribution is -0.118. The van der Waals surface area contributed by atoms with Crippen LogP contribution in [-0.2, 0) is 32.4 Å². The summed E-state index contributed by atoms with van der Waals surface area (Å²) in [6.07, 6.45) is 3.35. The molecular formula is C23H26N2O4S2. The number of anilines is 1. The summed E-state index contributed by atoms with van der Waals surface area (Å²) in [5, 5.41) is 0. The topological polar surface area (TPSA) is 75.7 Å². The number of ether oxygens (including phenoxy) is 1. The van der Waals surface area contributed by atoms with Crippen LogP contribution in [0.4, 0.5) is 5.69 Å². The van der Waals surface area contributed by atoms with E-state index in [-0.39, 0.29) is 10.7 Å². The quantitative estimate of drug-likeness (QED) is 0.720. The van der Waals surface area contributed by atoms with E-state index in [4.69, 9.17) is 4.74 Å². The molecular weight excluding hydrogens is 432 g/mol. The molecule has 8 heteroatoms. The fourth-order valence-electron chi connectivity index (χ4n) is 4.69. The Morgan fingerprint density at radius 1 is 1.03 bits per heavy atom. The smallest absolute Gasteiger partial charge is 0.240 e. The molecule has 0 atom stereocenters. The van der Waals surface area contributed by atoms with Crippen molar-refractivity contribution in [3.63, 3.8) is 0 Å². The van der Waals surface area contributed by atoms with E-state index in [0.29, 0.717) is 50.5 Å². The van der Waals surface area contributed by atoms with Crippen LogP contribution < -0.4 is 9.62 Å². The average Bonchev–Trinajstić information content (AvgIpc) is 3.22. The molecule has 3 heterocycles. The molecule has 1 amide bonds. The number of amides is 1. The van der Waals surface area contributed by atoms with Crippen LogP contribution in [0.25, 0.3) is 0 Å². The van der Waals surface area contributed by atoms with Crippen LogP contribution in [0.5, 0.6) is 0 Å². The van der Waals surface area contributed by atoms with Gasteiger partial charge in [0.1, 0.15) is 0 Å². The van der Waals surface area contributed by atoms with Crippen molar-refractivity contribution in [3.05, 3.63) is 53.6 Å². The van der Waals surface area contributed by atoms with Gasteiger partial charge in [-0.05, 0) is 61.1 Å². The van der Waals surface area contributed by atoms with Crippen LogP contribution in [0.1, 0.15) is 30.4 Å². The minimum atomic E-state index is -3.66.